The minimum absolute atomic E-state index is 0.488. The van der Waals surface area contributed by atoms with Crippen molar-refractivity contribution in [3.8, 4) is 0 Å². The highest BCUT2D eigenvalue weighted by atomic mass is 31.2. The molecule has 0 bridgehead atoms. The molecule has 5 heteroatoms. The average molecular weight is 138 g/mol. The van der Waals surface area contributed by atoms with Gasteiger partial charge in [-0.25, -0.2) is 0 Å². The first-order valence-corrected chi connectivity index (χ1v) is 3.13. The van der Waals surface area contributed by atoms with Gasteiger partial charge in [0.05, 0.1) is 0 Å². The van der Waals surface area contributed by atoms with Crippen molar-refractivity contribution < 1.29 is 19.1 Å². The van der Waals surface area contributed by atoms with Crippen molar-refractivity contribution >= 4 is 14.9 Å². The molecule has 1 unspecified atom stereocenters. The molecule has 0 heterocycles. The Balaban J connectivity index is 3.23. The molecule has 0 aromatic carbocycles. The van der Waals surface area contributed by atoms with E-state index in [1.807, 2.05) is 0 Å². The summed E-state index contributed by atoms with van der Waals surface area (Å²) in [7, 11) is -2.38. The van der Waals surface area contributed by atoms with E-state index in [1.54, 1.807) is 0 Å². The van der Waals surface area contributed by atoms with E-state index in [0.717, 1.165) is 0 Å². The van der Waals surface area contributed by atoms with Crippen LogP contribution in [0.3, 0.4) is 0 Å². The predicted octanol–water partition coefficient (Wildman–Crippen LogP) is -0.198. The second-order valence-electron chi connectivity index (χ2n) is 1.20. The summed E-state index contributed by atoms with van der Waals surface area (Å²) in [6.07, 6.45) is -0.238. The minimum atomic E-state index is -2.38. The van der Waals surface area contributed by atoms with Crippen LogP contribution in [0.25, 0.3) is 0 Å². The van der Waals surface area contributed by atoms with Crippen LogP contribution in [0.15, 0.2) is 0 Å². The van der Waals surface area contributed by atoms with Gasteiger partial charge in [-0.1, -0.05) is 0 Å². The number of aldehydes is 1. The Hall–Kier alpha value is -0.0200. The molecule has 8 heavy (non-hydrogen) atoms. The first-order valence-electron chi connectivity index (χ1n) is 1.96. The van der Waals surface area contributed by atoms with Gasteiger partial charge in [0.15, 0.2) is 0 Å². The van der Waals surface area contributed by atoms with Crippen LogP contribution in [0.1, 0.15) is 6.92 Å². The molecule has 1 atom stereocenters. The zero-order chi connectivity index (χ0) is 6.57. The van der Waals surface area contributed by atoms with E-state index < -0.39 is 14.7 Å². The minimum Gasteiger partial charge on any atom is -0.328 e. The molecule has 0 aliphatic heterocycles. The van der Waals surface area contributed by atoms with E-state index in [4.69, 9.17) is 9.79 Å². The number of carbonyl (C=O) groups is 1. The van der Waals surface area contributed by atoms with Gasteiger partial charge >= 0.3 is 8.60 Å². The molecular weight excluding hydrogens is 131 g/mol. The molecule has 0 aliphatic carbocycles. The van der Waals surface area contributed by atoms with Crippen molar-refractivity contribution in [1.82, 2.24) is 0 Å². The van der Waals surface area contributed by atoms with Gasteiger partial charge in [-0.3, -0.25) is 0 Å². The van der Waals surface area contributed by atoms with Gasteiger partial charge in [-0.15, -0.1) is 0 Å². The highest BCUT2D eigenvalue weighted by Crippen LogP contribution is 2.25. The summed E-state index contributed by atoms with van der Waals surface area (Å²) < 4.78 is 4.21. The summed E-state index contributed by atoms with van der Waals surface area (Å²) in [5.41, 5.74) is 0. The van der Waals surface area contributed by atoms with Gasteiger partial charge in [0.1, 0.15) is 12.4 Å². The van der Waals surface area contributed by atoms with E-state index in [-0.39, 0.29) is 0 Å². The molecule has 0 aromatic rings. The number of rotatable bonds is 3. The first-order chi connectivity index (χ1) is 3.66. The van der Waals surface area contributed by atoms with Crippen LogP contribution < -0.4 is 0 Å². The van der Waals surface area contributed by atoms with E-state index in [9.17, 15) is 4.79 Å². The third kappa shape index (κ3) is 4.15. The quantitative estimate of drug-likeness (QED) is 0.418. The first kappa shape index (κ1) is 7.98. The van der Waals surface area contributed by atoms with Gasteiger partial charge in [-0.05, 0) is 6.92 Å². The highest BCUT2D eigenvalue weighted by Gasteiger charge is 2.04. The molecule has 0 saturated carbocycles. The van der Waals surface area contributed by atoms with Crippen LogP contribution in [0, 0.1) is 0 Å². The smallest absolute Gasteiger partial charge is 0.327 e. The van der Waals surface area contributed by atoms with Crippen LogP contribution in [-0.2, 0) is 9.32 Å². The van der Waals surface area contributed by atoms with Crippen molar-refractivity contribution in [2.75, 3.05) is 0 Å². The normalized spacial score (nSPS) is 14.0. The van der Waals surface area contributed by atoms with Gasteiger partial charge in [0, 0.05) is 0 Å². The Morgan fingerprint density at radius 3 is 2.38 bits per heavy atom. The fraction of sp³-hybridized carbons (Fsp3) is 0.667. The van der Waals surface area contributed by atoms with Crippen LogP contribution in [-0.4, -0.2) is 22.2 Å². The summed E-state index contributed by atoms with van der Waals surface area (Å²) in [6.45, 7) is 1.43. The SMILES string of the molecule is CC(C=O)OP(O)O. The summed E-state index contributed by atoms with van der Waals surface area (Å²) >= 11 is 0. The molecule has 0 spiro atoms. The van der Waals surface area contributed by atoms with Crippen molar-refractivity contribution in [2.24, 2.45) is 0 Å². The Kier molecular flexibility index (Phi) is 3.91. The highest BCUT2D eigenvalue weighted by molar-refractivity contribution is 7.39. The van der Waals surface area contributed by atoms with Crippen LogP contribution in [0.2, 0.25) is 0 Å². The van der Waals surface area contributed by atoms with Gasteiger partial charge in [0.2, 0.25) is 0 Å². The number of carbonyl (C=O) groups excluding carboxylic acids is 1. The second-order valence-corrected chi connectivity index (χ2v) is 1.92. The Morgan fingerprint density at radius 1 is 1.75 bits per heavy atom. The summed E-state index contributed by atoms with van der Waals surface area (Å²) in [4.78, 5) is 25.9. The third-order valence-corrected chi connectivity index (χ3v) is 0.973. The molecule has 0 amide bonds. The topological polar surface area (TPSA) is 66.8 Å². The lowest BCUT2D eigenvalue weighted by Gasteiger charge is -2.03. The van der Waals surface area contributed by atoms with Crippen molar-refractivity contribution in [2.45, 2.75) is 13.0 Å². The standard InChI is InChI=1S/C3H7O4P/c1-3(2-4)7-8(5)6/h2-3,5-6H,1H3. The Morgan fingerprint density at radius 2 is 2.25 bits per heavy atom. The molecule has 0 fully saturated rings. The molecule has 48 valence electrons. The molecule has 0 radical (unpaired) electrons. The fourth-order valence-corrected chi connectivity index (χ4v) is 0.521. The Labute approximate surface area is 48.1 Å². The van der Waals surface area contributed by atoms with E-state index in [0.29, 0.717) is 6.29 Å². The monoisotopic (exact) mass is 138 g/mol. The zero-order valence-electron chi connectivity index (χ0n) is 4.31. The fourth-order valence-electron chi connectivity index (χ4n) is 0.174. The lowest BCUT2D eigenvalue weighted by molar-refractivity contribution is -0.113. The molecule has 2 N–H and O–H groups in total. The maximum Gasteiger partial charge on any atom is 0.327 e. The molecule has 4 nitrogen and oxygen atoms in total. The molecular formula is C3H7O4P. The average Bonchev–Trinajstić information content (AvgIpc) is 1.65. The van der Waals surface area contributed by atoms with Crippen molar-refractivity contribution in [3.05, 3.63) is 0 Å². The van der Waals surface area contributed by atoms with Gasteiger partial charge < -0.3 is 19.1 Å². The van der Waals surface area contributed by atoms with Crippen LogP contribution in [0.5, 0.6) is 0 Å². The maximum atomic E-state index is 9.70. The number of hydrogen-bond acceptors (Lipinski definition) is 4. The molecule has 0 saturated heterocycles. The van der Waals surface area contributed by atoms with Crippen molar-refractivity contribution in [1.29, 1.82) is 0 Å². The number of hydrogen-bond donors (Lipinski definition) is 2. The molecule has 0 aliphatic rings. The molecule has 0 rings (SSSR count). The third-order valence-electron chi connectivity index (χ3n) is 0.452. The van der Waals surface area contributed by atoms with Crippen molar-refractivity contribution in [3.63, 3.8) is 0 Å². The van der Waals surface area contributed by atoms with Crippen LogP contribution >= 0.6 is 8.60 Å². The summed E-state index contributed by atoms with van der Waals surface area (Å²) in [5, 5.41) is 0. The second kappa shape index (κ2) is 3.92. The van der Waals surface area contributed by atoms with Crippen LogP contribution in [0.4, 0.5) is 0 Å². The van der Waals surface area contributed by atoms with Gasteiger partial charge in [-0.2, -0.15) is 0 Å². The lowest BCUT2D eigenvalue weighted by Crippen LogP contribution is -2.04. The summed E-state index contributed by atoms with van der Waals surface area (Å²) in [5.74, 6) is 0. The largest absolute Gasteiger partial charge is 0.328 e. The van der Waals surface area contributed by atoms with E-state index in [2.05, 4.69) is 4.52 Å². The predicted molar refractivity (Wildman–Crippen MR) is 28.0 cm³/mol. The summed E-state index contributed by atoms with van der Waals surface area (Å²) in [6, 6.07) is 0. The molecule has 0 aromatic heterocycles. The zero-order valence-corrected chi connectivity index (χ0v) is 5.21. The Bertz CT molecular complexity index is 73.7. The van der Waals surface area contributed by atoms with Gasteiger partial charge in [0.25, 0.3) is 0 Å². The lowest BCUT2D eigenvalue weighted by atomic mass is 10.5. The maximum absolute atomic E-state index is 9.70. The van der Waals surface area contributed by atoms with E-state index >= 15 is 0 Å². The van der Waals surface area contributed by atoms with E-state index in [1.165, 1.54) is 6.92 Å².